The van der Waals surface area contributed by atoms with Crippen LogP contribution in [-0.4, -0.2) is 73.7 Å². The normalized spacial score (nSPS) is 20.2. The number of thiophene rings is 1. The van der Waals surface area contributed by atoms with Crippen LogP contribution in [0.25, 0.3) is 0 Å². The molecule has 1 aromatic carbocycles. The van der Waals surface area contributed by atoms with Crippen LogP contribution in [0.1, 0.15) is 68.9 Å². The van der Waals surface area contributed by atoms with Crippen LogP contribution in [0.15, 0.2) is 60.6 Å². The van der Waals surface area contributed by atoms with E-state index < -0.39 is 32.1 Å². The zero-order valence-electron chi connectivity index (χ0n) is 27.5. The fraction of sp³-hybridized carbons (Fsp3) is 0.529. The van der Waals surface area contributed by atoms with Gasteiger partial charge in [0.05, 0.1) is 4.47 Å². The number of hydrogen-bond donors (Lipinski definition) is 1. The van der Waals surface area contributed by atoms with Crippen molar-refractivity contribution in [1.29, 1.82) is 0 Å². The van der Waals surface area contributed by atoms with Gasteiger partial charge >= 0.3 is 5.97 Å². The topological polar surface area (TPSA) is 128 Å². The van der Waals surface area contributed by atoms with E-state index in [-0.39, 0.29) is 17.9 Å². The Bertz CT molecular complexity index is 1890. The molecule has 0 aliphatic carbocycles. The smallest absolute Gasteiger partial charge is 0.322 e. The summed E-state index contributed by atoms with van der Waals surface area (Å²) in [7, 11) is -7.60. The lowest BCUT2D eigenvalue weighted by atomic mass is 9.89. The third kappa shape index (κ3) is 8.45. The lowest BCUT2D eigenvalue weighted by molar-refractivity contribution is -0.141. The lowest BCUT2D eigenvalue weighted by Crippen LogP contribution is -2.48. The number of piperidine rings is 2. The molecule has 10 nitrogen and oxygen atoms in total. The molecule has 0 unspecified atom stereocenters. The molecule has 6 rings (SSSR count). The maximum atomic E-state index is 13.7. The Balaban J connectivity index is 0.929. The average Bonchev–Trinajstić information content (AvgIpc) is 3.46. The fourth-order valence-electron chi connectivity index (χ4n) is 7.38. The summed E-state index contributed by atoms with van der Waals surface area (Å²) in [5.74, 6) is 0.729. The minimum absolute atomic E-state index is 0.000638. The maximum Gasteiger partial charge on any atom is 0.322 e. The molecular weight excluding hydrogens is 852 g/mol. The number of hydrogen-bond acceptors (Lipinski definition) is 8. The summed E-state index contributed by atoms with van der Waals surface area (Å²) in [6.07, 6.45) is 11.2. The van der Waals surface area contributed by atoms with Crippen molar-refractivity contribution in [3.8, 4) is 0 Å². The van der Waals surface area contributed by atoms with Crippen molar-refractivity contribution in [3.63, 3.8) is 0 Å². The minimum atomic E-state index is -4.11. The molecule has 0 spiro atoms. The average molecular weight is 893 g/mol. The highest BCUT2D eigenvalue weighted by atomic mass is 79.9. The first-order chi connectivity index (χ1) is 23.8. The second kappa shape index (κ2) is 16.2. The summed E-state index contributed by atoms with van der Waals surface area (Å²) >= 11 is 14.0. The number of halogens is 3. The summed E-state index contributed by atoms with van der Waals surface area (Å²) in [5.41, 5.74) is 1.66. The van der Waals surface area contributed by atoms with E-state index in [0.717, 1.165) is 78.4 Å². The number of aromatic nitrogens is 1. The minimum Gasteiger partial charge on any atom is -0.480 e. The molecule has 50 heavy (non-hydrogen) atoms. The van der Waals surface area contributed by atoms with E-state index in [1.807, 2.05) is 24.3 Å². The van der Waals surface area contributed by atoms with Gasteiger partial charge in [0.25, 0.3) is 10.0 Å². The van der Waals surface area contributed by atoms with Gasteiger partial charge in [-0.1, -0.05) is 68.0 Å². The first-order valence-electron chi connectivity index (χ1n) is 17.0. The molecule has 2 fully saturated rings. The summed E-state index contributed by atoms with van der Waals surface area (Å²) in [5, 5.41) is 9.88. The molecule has 0 saturated carbocycles. The number of nitrogens with zero attached hydrogens (tertiary/aromatic N) is 4. The summed E-state index contributed by atoms with van der Waals surface area (Å²) < 4.78 is 58.0. The largest absolute Gasteiger partial charge is 0.480 e. The fourth-order valence-corrected chi connectivity index (χ4v) is 13.6. The third-order valence-electron chi connectivity index (χ3n) is 10.3. The monoisotopic (exact) mass is 890 g/mol. The quantitative estimate of drug-likeness (QED) is 0.183. The van der Waals surface area contributed by atoms with Crippen LogP contribution in [0, 0.1) is 11.8 Å². The van der Waals surface area contributed by atoms with Crippen LogP contribution in [0.2, 0.25) is 4.34 Å². The number of rotatable bonds is 12. The van der Waals surface area contributed by atoms with Crippen molar-refractivity contribution in [2.45, 2.75) is 85.9 Å². The standard InChI is InChI=1S/C34H41Br2ClN4O6S3/c35-28-20-31(48-32(28)37)50(46,47)40-16-12-24(13-17-40)7-3-1-2-6-23-10-14-39(15-11-23)33-29(36)19-27(21-38-33)49(44,45)41-22-26-9-5-4-8-25(26)18-30(41)34(42)43/h4-5,8-9,19-21,23-24,30H,1-3,6-7,10-18,22H2,(H,42,43)/t30-/m0/s1. The molecule has 2 aromatic heterocycles. The molecule has 16 heteroatoms. The Kier molecular flexibility index (Phi) is 12.4. The predicted molar refractivity (Wildman–Crippen MR) is 203 cm³/mol. The molecule has 0 radical (unpaired) electrons. The van der Waals surface area contributed by atoms with Crippen molar-refractivity contribution < 1.29 is 26.7 Å². The van der Waals surface area contributed by atoms with E-state index in [0.29, 0.717) is 48.2 Å². The van der Waals surface area contributed by atoms with Crippen LogP contribution >= 0.6 is 54.8 Å². The maximum absolute atomic E-state index is 13.7. The van der Waals surface area contributed by atoms with Crippen LogP contribution in [-0.2, 0) is 37.8 Å². The Morgan fingerprint density at radius 3 is 2.08 bits per heavy atom. The van der Waals surface area contributed by atoms with Gasteiger partial charge in [0.1, 0.15) is 25.3 Å². The number of unbranched alkanes of at least 4 members (excludes halogenated alkanes) is 2. The number of pyridine rings is 1. The molecule has 1 N–H and O–H groups in total. The van der Waals surface area contributed by atoms with Gasteiger partial charge < -0.3 is 10.0 Å². The highest BCUT2D eigenvalue weighted by molar-refractivity contribution is 9.11. The molecule has 3 aliphatic heterocycles. The van der Waals surface area contributed by atoms with Crippen LogP contribution < -0.4 is 4.90 Å². The van der Waals surface area contributed by atoms with Crippen LogP contribution in [0.3, 0.4) is 0 Å². The molecule has 272 valence electrons. The van der Waals surface area contributed by atoms with Gasteiger partial charge in [-0.3, -0.25) is 4.79 Å². The molecule has 3 aliphatic rings. The molecule has 1 atom stereocenters. The molecule has 0 amide bonds. The van der Waals surface area contributed by atoms with Crippen molar-refractivity contribution >= 4 is 86.6 Å². The number of carbonyl (C=O) groups is 1. The number of anilines is 1. The summed E-state index contributed by atoms with van der Waals surface area (Å²) in [4.78, 5) is 18.8. The van der Waals surface area contributed by atoms with Gasteiger partial charge in [-0.15, -0.1) is 11.3 Å². The SMILES string of the molecule is O=C(O)[C@@H]1Cc2ccccc2CN1S(=O)(=O)c1cnc(N2CCC(CCCCCC3CCN(S(=O)(=O)c4cc(Br)c(Cl)s4)CC3)CC2)c(Br)c1. The summed E-state index contributed by atoms with van der Waals surface area (Å²) in [6.45, 7) is 2.78. The Morgan fingerprint density at radius 1 is 0.880 bits per heavy atom. The van der Waals surface area contributed by atoms with E-state index in [4.69, 9.17) is 11.6 Å². The third-order valence-corrected chi connectivity index (χ3v) is 17.5. The number of benzene rings is 1. The van der Waals surface area contributed by atoms with E-state index in [9.17, 15) is 26.7 Å². The Morgan fingerprint density at radius 2 is 1.50 bits per heavy atom. The van der Waals surface area contributed by atoms with Crippen molar-refractivity contribution in [2.24, 2.45) is 11.8 Å². The molecule has 2 saturated heterocycles. The van der Waals surface area contributed by atoms with Crippen molar-refractivity contribution in [2.75, 3.05) is 31.1 Å². The predicted octanol–water partition coefficient (Wildman–Crippen LogP) is 7.79. The Labute approximate surface area is 320 Å². The van der Waals surface area contributed by atoms with E-state index >= 15 is 0 Å². The second-order valence-corrected chi connectivity index (χ2v) is 20.9. The zero-order chi connectivity index (χ0) is 35.6. The van der Waals surface area contributed by atoms with Crippen LogP contribution in [0.5, 0.6) is 0 Å². The van der Waals surface area contributed by atoms with E-state index in [1.54, 1.807) is 16.4 Å². The van der Waals surface area contributed by atoms with Gasteiger partial charge in [0, 0.05) is 49.8 Å². The Hall–Kier alpha value is -1.59. The van der Waals surface area contributed by atoms with Gasteiger partial charge in [-0.2, -0.15) is 8.61 Å². The number of carboxylic acid groups (broad SMARTS) is 1. The molecular formula is C34H41Br2ClN4O6S3. The van der Waals surface area contributed by atoms with Gasteiger partial charge in [0.15, 0.2) is 0 Å². The lowest BCUT2D eigenvalue weighted by Gasteiger charge is -2.34. The number of carboxylic acids is 1. The first-order valence-corrected chi connectivity index (χ1v) is 22.7. The van der Waals surface area contributed by atoms with E-state index in [1.165, 1.54) is 25.5 Å². The van der Waals surface area contributed by atoms with Crippen molar-refractivity contribution in [3.05, 3.63) is 67.0 Å². The number of aliphatic carboxylic acids is 1. The van der Waals surface area contributed by atoms with E-state index in [2.05, 4.69) is 41.7 Å². The van der Waals surface area contributed by atoms with Crippen LogP contribution in [0.4, 0.5) is 5.82 Å². The highest BCUT2D eigenvalue weighted by Gasteiger charge is 2.40. The van der Waals surface area contributed by atoms with Gasteiger partial charge in [-0.25, -0.2) is 21.8 Å². The number of sulfonamides is 2. The molecule has 0 bridgehead atoms. The molecule has 5 heterocycles. The summed E-state index contributed by atoms with van der Waals surface area (Å²) in [6, 6.07) is 9.31. The molecule has 3 aromatic rings. The van der Waals surface area contributed by atoms with Gasteiger partial charge in [-0.05, 0) is 92.6 Å². The zero-order valence-corrected chi connectivity index (χ0v) is 33.9. The highest BCUT2D eigenvalue weighted by Crippen LogP contribution is 2.38. The first kappa shape index (κ1) is 38.1. The second-order valence-electron chi connectivity index (χ2n) is 13.5. The number of fused-ring (bicyclic) bond motifs is 1. The van der Waals surface area contributed by atoms with Gasteiger partial charge in [0.2, 0.25) is 10.0 Å². The van der Waals surface area contributed by atoms with Crippen molar-refractivity contribution in [1.82, 2.24) is 13.6 Å².